The number of amides is 1. The SMILES string of the molecule is COc1cccc(C=NNC(=O)c2c(C)nc3ccc(C)cn23)c1O. The van der Waals surface area contributed by atoms with Crippen molar-refractivity contribution >= 4 is 17.8 Å². The van der Waals surface area contributed by atoms with Gasteiger partial charge < -0.3 is 9.84 Å². The van der Waals surface area contributed by atoms with E-state index >= 15 is 0 Å². The topological polar surface area (TPSA) is 88.2 Å². The number of nitrogens with zero attached hydrogens (tertiary/aromatic N) is 3. The maximum atomic E-state index is 12.5. The molecular weight excluding hydrogens is 320 g/mol. The lowest BCUT2D eigenvalue weighted by Crippen LogP contribution is -2.20. The van der Waals surface area contributed by atoms with Gasteiger partial charge >= 0.3 is 0 Å². The largest absolute Gasteiger partial charge is 0.504 e. The molecule has 1 amide bonds. The minimum absolute atomic E-state index is 0.0374. The highest BCUT2D eigenvalue weighted by Gasteiger charge is 2.16. The Balaban J connectivity index is 1.84. The Bertz CT molecular complexity index is 976. The van der Waals surface area contributed by atoms with Gasteiger partial charge in [-0.15, -0.1) is 0 Å². The molecule has 1 aromatic carbocycles. The standard InChI is InChI=1S/C18H18N4O3/c1-11-7-8-15-20-12(2)16(22(15)10-11)18(24)21-19-9-13-5-4-6-14(25-3)17(13)23/h4-10,23H,1-3H3,(H,21,24). The number of para-hydroxylation sites is 1. The molecule has 0 aliphatic carbocycles. The van der Waals surface area contributed by atoms with Crippen LogP contribution in [0.25, 0.3) is 5.65 Å². The van der Waals surface area contributed by atoms with Gasteiger partial charge in [-0.2, -0.15) is 5.10 Å². The van der Waals surface area contributed by atoms with E-state index < -0.39 is 0 Å². The van der Waals surface area contributed by atoms with E-state index in [-0.39, 0.29) is 11.7 Å². The lowest BCUT2D eigenvalue weighted by atomic mass is 10.2. The number of pyridine rings is 1. The quantitative estimate of drug-likeness (QED) is 0.565. The second-order valence-electron chi connectivity index (χ2n) is 5.58. The molecule has 2 N–H and O–H groups in total. The van der Waals surface area contributed by atoms with E-state index in [0.29, 0.717) is 28.3 Å². The first-order valence-electron chi connectivity index (χ1n) is 7.66. The molecule has 0 fully saturated rings. The van der Waals surface area contributed by atoms with Gasteiger partial charge in [-0.05, 0) is 37.6 Å². The first-order valence-corrected chi connectivity index (χ1v) is 7.66. The molecule has 0 spiro atoms. The molecule has 0 aliphatic rings. The number of phenolic OH excluding ortho intramolecular Hbond substituents is 1. The highest BCUT2D eigenvalue weighted by Crippen LogP contribution is 2.27. The summed E-state index contributed by atoms with van der Waals surface area (Å²) in [5, 5.41) is 13.9. The average molecular weight is 338 g/mol. The molecule has 0 aliphatic heterocycles. The van der Waals surface area contributed by atoms with Crippen LogP contribution in [-0.4, -0.2) is 33.7 Å². The molecule has 0 bridgehead atoms. The molecule has 3 aromatic rings. The molecule has 2 heterocycles. The number of aromatic nitrogens is 2. The number of hydrogen-bond donors (Lipinski definition) is 2. The molecule has 3 rings (SSSR count). The summed E-state index contributed by atoms with van der Waals surface area (Å²) >= 11 is 0. The van der Waals surface area contributed by atoms with Crippen molar-refractivity contribution in [3.63, 3.8) is 0 Å². The number of carbonyl (C=O) groups is 1. The second kappa shape index (κ2) is 6.64. The Morgan fingerprint density at radius 2 is 2.12 bits per heavy atom. The van der Waals surface area contributed by atoms with Crippen LogP contribution < -0.4 is 10.2 Å². The molecule has 0 unspecified atom stereocenters. The van der Waals surface area contributed by atoms with E-state index in [1.807, 2.05) is 25.3 Å². The van der Waals surface area contributed by atoms with Crippen LogP contribution in [0.15, 0.2) is 41.6 Å². The van der Waals surface area contributed by atoms with Gasteiger partial charge in [0, 0.05) is 11.8 Å². The number of phenols is 1. The first-order chi connectivity index (χ1) is 12.0. The Morgan fingerprint density at radius 1 is 1.32 bits per heavy atom. The van der Waals surface area contributed by atoms with Crippen molar-refractivity contribution < 1.29 is 14.6 Å². The molecule has 0 saturated carbocycles. The highest BCUT2D eigenvalue weighted by atomic mass is 16.5. The fraction of sp³-hybridized carbons (Fsp3) is 0.167. The zero-order chi connectivity index (χ0) is 18.0. The Labute approximate surface area is 144 Å². The summed E-state index contributed by atoms with van der Waals surface area (Å²) in [6.07, 6.45) is 3.21. The lowest BCUT2D eigenvalue weighted by molar-refractivity contribution is 0.0948. The Morgan fingerprint density at radius 3 is 2.88 bits per heavy atom. The van der Waals surface area contributed by atoms with E-state index in [1.165, 1.54) is 13.3 Å². The summed E-state index contributed by atoms with van der Waals surface area (Å²) in [6.45, 7) is 3.72. The fourth-order valence-electron chi connectivity index (χ4n) is 2.56. The molecule has 2 aromatic heterocycles. The van der Waals surface area contributed by atoms with E-state index in [2.05, 4.69) is 15.5 Å². The second-order valence-corrected chi connectivity index (χ2v) is 5.58. The summed E-state index contributed by atoms with van der Waals surface area (Å²) in [5.74, 6) is -0.0813. The summed E-state index contributed by atoms with van der Waals surface area (Å²) in [7, 11) is 1.47. The first kappa shape index (κ1) is 16.5. The molecule has 25 heavy (non-hydrogen) atoms. The van der Waals surface area contributed by atoms with Crippen molar-refractivity contribution in [3.8, 4) is 11.5 Å². The van der Waals surface area contributed by atoms with Gasteiger partial charge in [0.05, 0.1) is 19.0 Å². The van der Waals surface area contributed by atoms with Crippen molar-refractivity contribution in [1.29, 1.82) is 0 Å². The summed E-state index contributed by atoms with van der Waals surface area (Å²) in [5.41, 5.74) is 5.65. The minimum Gasteiger partial charge on any atom is -0.504 e. The normalized spacial score (nSPS) is 11.2. The molecule has 7 nitrogen and oxygen atoms in total. The van der Waals surface area contributed by atoms with Crippen LogP contribution in [0.3, 0.4) is 0 Å². The van der Waals surface area contributed by atoms with Crippen LogP contribution in [0.5, 0.6) is 11.5 Å². The van der Waals surface area contributed by atoms with E-state index in [9.17, 15) is 9.90 Å². The van der Waals surface area contributed by atoms with Gasteiger partial charge in [0.2, 0.25) is 0 Å². The number of aromatic hydroxyl groups is 1. The summed E-state index contributed by atoms with van der Waals surface area (Å²) < 4.78 is 6.77. The molecule has 128 valence electrons. The summed E-state index contributed by atoms with van der Waals surface area (Å²) in [6, 6.07) is 8.81. The third-order valence-electron chi connectivity index (χ3n) is 3.78. The third-order valence-corrected chi connectivity index (χ3v) is 3.78. The molecule has 0 radical (unpaired) electrons. The maximum absolute atomic E-state index is 12.5. The van der Waals surface area contributed by atoms with Crippen molar-refractivity contribution in [3.05, 3.63) is 59.0 Å². The van der Waals surface area contributed by atoms with Gasteiger partial charge in [0.25, 0.3) is 5.91 Å². The predicted molar refractivity (Wildman–Crippen MR) is 94.4 cm³/mol. The van der Waals surface area contributed by atoms with Crippen LogP contribution in [0.1, 0.15) is 27.3 Å². The van der Waals surface area contributed by atoms with Gasteiger partial charge in [-0.1, -0.05) is 12.1 Å². The number of nitrogens with one attached hydrogen (secondary N) is 1. The maximum Gasteiger partial charge on any atom is 0.290 e. The van der Waals surface area contributed by atoms with Gasteiger partial charge in [0.15, 0.2) is 11.5 Å². The third kappa shape index (κ3) is 3.16. The fourth-order valence-corrected chi connectivity index (χ4v) is 2.56. The number of methoxy groups -OCH3 is 1. The van der Waals surface area contributed by atoms with Crippen LogP contribution in [0, 0.1) is 13.8 Å². The van der Waals surface area contributed by atoms with Crippen LogP contribution >= 0.6 is 0 Å². The molecular formula is C18H18N4O3. The number of rotatable bonds is 4. The van der Waals surface area contributed by atoms with Crippen LogP contribution in [0.2, 0.25) is 0 Å². The smallest absolute Gasteiger partial charge is 0.290 e. The average Bonchev–Trinajstić information content (AvgIpc) is 2.91. The monoisotopic (exact) mass is 338 g/mol. The van der Waals surface area contributed by atoms with E-state index in [0.717, 1.165) is 5.56 Å². The van der Waals surface area contributed by atoms with Gasteiger partial charge in [0.1, 0.15) is 11.3 Å². The number of aryl methyl sites for hydroxylation is 2. The molecule has 0 atom stereocenters. The van der Waals surface area contributed by atoms with Crippen LogP contribution in [-0.2, 0) is 0 Å². The van der Waals surface area contributed by atoms with Crippen molar-refractivity contribution in [2.75, 3.05) is 7.11 Å². The molecule has 7 heteroatoms. The minimum atomic E-state index is -0.380. The number of ether oxygens (including phenoxy) is 1. The van der Waals surface area contributed by atoms with Crippen LogP contribution in [0.4, 0.5) is 0 Å². The molecule has 0 saturated heterocycles. The number of hydrazone groups is 1. The number of imidazole rings is 1. The number of benzene rings is 1. The Kier molecular flexibility index (Phi) is 4.38. The van der Waals surface area contributed by atoms with Crippen molar-refractivity contribution in [1.82, 2.24) is 14.8 Å². The van der Waals surface area contributed by atoms with Crippen molar-refractivity contribution in [2.45, 2.75) is 13.8 Å². The zero-order valence-electron chi connectivity index (χ0n) is 14.1. The van der Waals surface area contributed by atoms with Crippen molar-refractivity contribution in [2.24, 2.45) is 5.10 Å². The van der Waals surface area contributed by atoms with E-state index in [1.54, 1.807) is 29.5 Å². The lowest BCUT2D eigenvalue weighted by Gasteiger charge is -2.05. The number of fused-ring (bicyclic) bond motifs is 1. The van der Waals surface area contributed by atoms with E-state index in [4.69, 9.17) is 4.74 Å². The number of hydrogen-bond acceptors (Lipinski definition) is 5. The predicted octanol–water partition coefficient (Wildman–Crippen LogP) is 2.43. The van der Waals surface area contributed by atoms with Gasteiger partial charge in [-0.25, -0.2) is 10.4 Å². The zero-order valence-corrected chi connectivity index (χ0v) is 14.1. The highest BCUT2D eigenvalue weighted by molar-refractivity contribution is 5.95. The Hall–Kier alpha value is -3.35. The number of carbonyl (C=O) groups excluding carboxylic acids is 1. The summed E-state index contributed by atoms with van der Waals surface area (Å²) in [4.78, 5) is 16.8. The van der Waals surface area contributed by atoms with Gasteiger partial charge in [-0.3, -0.25) is 9.20 Å².